The summed E-state index contributed by atoms with van der Waals surface area (Å²) in [5.74, 6) is 3.18. The first kappa shape index (κ1) is 24.7. The van der Waals surface area contributed by atoms with E-state index >= 15 is 0 Å². The monoisotopic (exact) mass is 489 g/mol. The maximum Gasteiger partial charge on any atom is 0.422 e. The highest BCUT2D eigenvalue weighted by atomic mass is 19.4. The maximum atomic E-state index is 12.6. The third-order valence-corrected chi connectivity index (χ3v) is 5.12. The van der Waals surface area contributed by atoms with Gasteiger partial charge in [0.25, 0.3) is 0 Å². The summed E-state index contributed by atoms with van der Waals surface area (Å²) >= 11 is 0. The molecule has 0 spiro atoms. The van der Waals surface area contributed by atoms with Crippen LogP contribution in [0.15, 0.2) is 91.0 Å². The Hall–Kier alpha value is -4.44. The largest absolute Gasteiger partial charge is 0.484 e. The molecule has 4 rings (SSSR count). The quantitative estimate of drug-likeness (QED) is 0.242. The number of nitrogens with zero attached hydrogens (tertiary/aromatic N) is 1. The molecule has 0 bridgehead atoms. The van der Waals surface area contributed by atoms with Crippen molar-refractivity contribution in [3.8, 4) is 41.0 Å². The smallest absolute Gasteiger partial charge is 0.422 e. The van der Waals surface area contributed by atoms with E-state index in [0.29, 0.717) is 29.2 Å². The molecule has 182 valence electrons. The number of halogens is 3. The van der Waals surface area contributed by atoms with Crippen LogP contribution in [0, 0.1) is 12.3 Å². The van der Waals surface area contributed by atoms with Crippen molar-refractivity contribution in [2.45, 2.75) is 19.4 Å². The minimum absolute atomic E-state index is 0.0200. The molecule has 4 nitrogen and oxygen atoms in total. The number of ether oxygens (including phenoxy) is 3. The summed E-state index contributed by atoms with van der Waals surface area (Å²) in [7, 11) is 0. The summed E-state index contributed by atoms with van der Waals surface area (Å²) in [4.78, 5) is 4.55. The molecule has 0 aliphatic rings. The molecular formula is C29H22F3NO3. The SMILES string of the molecule is C#Cc1cc(OCC(F)(F)F)ccc1-c1ccc(OCc2ccccc2)nc1OCc1ccccc1. The maximum absolute atomic E-state index is 12.6. The Labute approximate surface area is 207 Å². The van der Waals surface area contributed by atoms with Gasteiger partial charge in [-0.15, -0.1) is 6.42 Å². The minimum Gasteiger partial charge on any atom is -0.484 e. The predicted molar refractivity (Wildman–Crippen MR) is 131 cm³/mol. The van der Waals surface area contributed by atoms with Gasteiger partial charge in [-0.2, -0.15) is 18.2 Å². The number of aromatic nitrogens is 1. The molecule has 3 aromatic carbocycles. The van der Waals surface area contributed by atoms with Crippen molar-refractivity contribution in [2.75, 3.05) is 6.61 Å². The summed E-state index contributed by atoms with van der Waals surface area (Å²) in [6.45, 7) is -0.829. The molecule has 7 heteroatoms. The highest BCUT2D eigenvalue weighted by Gasteiger charge is 2.28. The molecule has 36 heavy (non-hydrogen) atoms. The number of terminal acetylenes is 1. The molecule has 0 saturated heterocycles. The van der Waals surface area contributed by atoms with Gasteiger partial charge in [0, 0.05) is 22.8 Å². The first-order valence-electron chi connectivity index (χ1n) is 11.1. The first-order valence-corrected chi connectivity index (χ1v) is 11.1. The number of hydrogen-bond donors (Lipinski definition) is 0. The van der Waals surface area contributed by atoms with Gasteiger partial charge >= 0.3 is 6.18 Å². The van der Waals surface area contributed by atoms with Gasteiger partial charge in [-0.1, -0.05) is 66.6 Å². The number of alkyl halides is 3. The highest BCUT2D eigenvalue weighted by Crippen LogP contribution is 2.35. The standard InChI is InChI=1S/C29H22F3NO3/c1-2-23-17-24(36-20-29(30,31)32)13-14-25(23)26-15-16-27(34-18-21-9-5-3-6-10-21)33-28(26)35-19-22-11-7-4-8-12-22/h1,3-17H,18-20H2. The van der Waals surface area contributed by atoms with Gasteiger partial charge in [0.15, 0.2) is 6.61 Å². The Morgan fingerprint density at radius 3 is 1.94 bits per heavy atom. The minimum atomic E-state index is -4.45. The molecule has 0 N–H and O–H groups in total. The summed E-state index contributed by atoms with van der Waals surface area (Å²) < 4.78 is 54.4. The molecule has 0 aliphatic heterocycles. The lowest BCUT2D eigenvalue weighted by molar-refractivity contribution is -0.153. The van der Waals surface area contributed by atoms with Crippen LogP contribution in [0.4, 0.5) is 13.2 Å². The average Bonchev–Trinajstić information content (AvgIpc) is 2.90. The van der Waals surface area contributed by atoms with E-state index < -0.39 is 12.8 Å². The first-order chi connectivity index (χ1) is 17.4. The van der Waals surface area contributed by atoms with Crippen LogP contribution in [0.25, 0.3) is 11.1 Å². The Morgan fingerprint density at radius 2 is 1.33 bits per heavy atom. The van der Waals surface area contributed by atoms with Crippen LogP contribution in [0.2, 0.25) is 0 Å². The molecule has 0 fully saturated rings. The molecule has 1 aromatic heterocycles. The van der Waals surface area contributed by atoms with Gasteiger partial charge in [0.1, 0.15) is 19.0 Å². The van der Waals surface area contributed by atoms with E-state index in [9.17, 15) is 13.2 Å². The van der Waals surface area contributed by atoms with E-state index in [1.165, 1.54) is 12.1 Å². The van der Waals surface area contributed by atoms with Crippen molar-refractivity contribution in [1.29, 1.82) is 0 Å². The highest BCUT2D eigenvalue weighted by molar-refractivity contribution is 5.76. The van der Waals surface area contributed by atoms with Crippen molar-refractivity contribution in [3.05, 3.63) is 108 Å². The van der Waals surface area contributed by atoms with Crippen molar-refractivity contribution < 1.29 is 27.4 Å². The predicted octanol–water partition coefficient (Wildman–Crippen LogP) is 6.83. The fraction of sp³-hybridized carbons (Fsp3) is 0.138. The summed E-state index contributed by atoms with van der Waals surface area (Å²) in [6, 6.07) is 27.1. The van der Waals surface area contributed by atoms with Crippen molar-refractivity contribution in [2.24, 2.45) is 0 Å². The van der Waals surface area contributed by atoms with Crippen molar-refractivity contribution >= 4 is 0 Å². The lowest BCUT2D eigenvalue weighted by Crippen LogP contribution is -2.19. The van der Waals surface area contributed by atoms with Crippen LogP contribution in [0.5, 0.6) is 17.5 Å². The van der Waals surface area contributed by atoms with Crippen LogP contribution >= 0.6 is 0 Å². The van der Waals surface area contributed by atoms with Gasteiger partial charge in [0.05, 0.1) is 0 Å². The second kappa shape index (κ2) is 11.3. The molecule has 4 aromatic rings. The fourth-order valence-electron chi connectivity index (χ4n) is 3.41. The summed E-state index contributed by atoms with van der Waals surface area (Å²) in [5.41, 5.74) is 3.42. The van der Waals surface area contributed by atoms with E-state index in [2.05, 4.69) is 10.9 Å². The fourth-order valence-corrected chi connectivity index (χ4v) is 3.41. The Bertz CT molecular complexity index is 1330. The van der Waals surface area contributed by atoms with E-state index in [1.807, 2.05) is 60.7 Å². The zero-order valence-corrected chi connectivity index (χ0v) is 19.2. The Balaban J connectivity index is 1.63. The van der Waals surface area contributed by atoms with Gasteiger partial charge in [-0.3, -0.25) is 0 Å². The molecule has 0 amide bonds. The zero-order chi connectivity index (χ0) is 25.4. The third-order valence-electron chi connectivity index (χ3n) is 5.12. The third kappa shape index (κ3) is 6.80. The molecule has 0 unspecified atom stereocenters. The number of benzene rings is 3. The van der Waals surface area contributed by atoms with Gasteiger partial charge in [0.2, 0.25) is 11.8 Å². The molecule has 0 atom stereocenters. The molecule has 0 saturated carbocycles. The molecule has 0 radical (unpaired) electrons. The van der Waals surface area contributed by atoms with E-state index in [0.717, 1.165) is 11.1 Å². The van der Waals surface area contributed by atoms with Crippen LogP contribution in [-0.2, 0) is 13.2 Å². The second-order valence-corrected chi connectivity index (χ2v) is 7.81. The van der Waals surface area contributed by atoms with Crippen molar-refractivity contribution in [3.63, 3.8) is 0 Å². The molecule has 0 aliphatic carbocycles. The number of rotatable bonds is 9. The normalized spacial score (nSPS) is 10.9. The summed E-state index contributed by atoms with van der Waals surface area (Å²) in [5, 5.41) is 0. The Kier molecular flexibility index (Phi) is 7.76. The second-order valence-electron chi connectivity index (χ2n) is 7.81. The van der Waals surface area contributed by atoms with Crippen LogP contribution in [-0.4, -0.2) is 17.8 Å². The van der Waals surface area contributed by atoms with E-state index in [1.54, 1.807) is 18.2 Å². The van der Waals surface area contributed by atoms with Crippen LogP contribution < -0.4 is 14.2 Å². The van der Waals surface area contributed by atoms with Crippen molar-refractivity contribution in [1.82, 2.24) is 4.98 Å². The number of hydrogen-bond acceptors (Lipinski definition) is 4. The van der Waals surface area contributed by atoms with E-state index in [4.69, 9.17) is 20.6 Å². The van der Waals surface area contributed by atoms with Gasteiger partial charge < -0.3 is 14.2 Å². The molecular weight excluding hydrogens is 467 g/mol. The summed E-state index contributed by atoms with van der Waals surface area (Å²) in [6.07, 6.45) is 1.23. The topological polar surface area (TPSA) is 40.6 Å². The van der Waals surface area contributed by atoms with Crippen LogP contribution in [0.1, 0.15) is 16.7 Å². The Morgan fingerprint density at radius 1 is 0.722 bits per heavy atom. The average molecular weight is 489 g/mol. The molecule has 1 heterocycles. The van der Waals surface area contributed by atoms with Crippen LogP contribution in [0.3, 0.4) is 0 Å². The lowest BCUT2D eigenvalue weighted by atomic mass is 10.0. The number of pyridine rings is 1. The van der Waals surface area contributed by atoms with Gasteiger partial charge in [-0.05, 0) is 35.4 Å². The van der Waals surface area contributed by atoms with E-state index in [-0.39, 0.29) is 18.2 Å². The zero-order valence-electron chi connectivity index (χ0n) is 19.2. The van der Waals surface area contributed by atoms with Gasteiger partial charge in [-0.25, -0.2) is 0 Å². The lowest BCUT2D eigenvalue weighted by Gasteiger charge is -2.15.